The van der Waals surface area contributed by atoms with Crippen LogP contribution < -0.4 is 10.1 Å². The van der Waals surface area contributed by atoms with Gasteiger partial charge in [-0.15, -0.1) is 0 Å². The van der Waals surface area contributed by atoms with Gasteiger partial charge in [-0.3, -0.25) is 4.79 Å². The zero-order valence-corrected chi connectivity index (χ0v) is 12.0. The van der Waals surface area contributed by atoms with Crippen molar-refractivity contribution in [3.8, 4) is 23.0 Å². The lowest BCUT2D eigenvalue weighted by molar-refractivity contribution is -0.116. The first-order chi connectivity index (χ1) is 10.5. The summed E-state index contributed by atoms with van der Waals surface area (Å²) < 4.78 is 4.95. The summed E-state index contributed by atoms with van der Waals surface area (Å²) in [7, 11) is 1.46. The molecule has 0 aliphatic carbocycles. The molecule has 116 valence electrons. The molecule has 0 aromatic heterocycles. The van der Waals surface area contributed by atoms with Gasteiger partial charge in [-0.2, -0.15) is 0 Å². The quantitative estimate of drug-likeness (QED) is 0.636. The van der Waals surface area contributed by atoms with Gasteiger partial charge in [0.25, 0.3) is 0 Å². The van der Waals surface area contributed by atoms with E-state index in [0.717, 1.165) is 5.56 Å². The van der Waals surface area contributed by atoms with E-state index in [0.29, 0.717) is 12.2 Å². The monoisotopic (exact) mass is 303 g/mol. The summed E-state index contributed by atoms with van der Waals surface area (Å²) in [4.78, 5) is 11.9. The number of benzene rings is 2. The molecule has 0 unspecified atom stereocenters. The first-order valence-corrected chi connectivity index (χ1v) is 6.68. The lowest BCUT2D eigenvalue weighted by Gasteiger charge is -2.09. The van der Waals surface area contributed by atoms with Gasteiger partial charge in [-0.1, -0.05) is 12.1 Å². The summed E-state index contributed by atoms with van der Waals surface area (Å²) in [6.07, 6.45) is 0.539. The molecular weight excluding hydrogens is 286 g/mol. The lowest BCUT2D eigenvalue weighted by atomic mass is 10.1. The van der Waals surface area contributed by atoms with Crippen molar-refractivity contribution in [1.29, 1.82) is 0 Å². The average Bonchev–Trinajstić information content (AvgIpc) is 2.49. The molecule has 6 heteroatoms. The number of methoxy groups -OCH3 is 1. The van der Waals surface area contributed by atoms with Crippen LogP contribution in [0, 0.1) is 0 Å². The molecule has 1 amide bonds. The smallest absolute Gasteiger partial charge is 0.224 e. The summed E-state index contributed by atoms with van der Waals surface area (Å²) in [6, 6.07) is 9.12. The summed E-state index contributed by atoms with van der Waals surface area (Å²) in [5, 5.41) is 31.3. The van der Waals surface area contributed by atoms with Crippen molar-refractivity contribution in [2.45, 2.75) is 12.8 Å². The molecule has 6 nitrogen and oxygen atoms in total. The minimum atomic E-state index is -0.355. The molecule has 0 saturated heterocycles. The summed E-state index contributed by atoms with van der Waals surface area (Å²) >= 11 is 0. The number of phenolic OH excluding ortho intramolecular Hbond substituents is 3. The number of nitrogens with one attached hydrogen (secondary N) is 1. The fraction of sp³-hybridized carbons (Fsp3) is 0.188. The number of hydrogen-bond donors (Lipinski definition) is 4. The van der Waals surface area contributed by atoms with Crippen molar-refractivity contribution >= 4 is 11.6 Å². The Hall–Kier alpha value is -2.89. The first-order valence-electron chi connectivity index (χ1n) is 6.68. The van der Waals surface area contributed by atoms with Crippen molar-refractivity contribution < 1.29 is 24.9 Å². The van der Waals surface area contributed by atoms with E-state index in [-0.39, 0.29) is 35.3 Å². The van der Waals surface area contributed by atoms with E-state index in [2.05, 4.69) is 5.32 Å². The van der Waals surface area contributed by atoms with Crippen LogP contribution in [0.2, 0.25) is 0 Å². The van der Waals surface area contributed by atoms with Crippen LogP contribution in [0.25, 0.3) is 0 Å². The number of ether oxygens (including phenoxy) is 1. The summed E-state index contributed by atoms with van der Waals surface area (Å²) in [5.41, 5.74) is 0.764. The third-order valence-corrected chi connectivity index (χ3v) is 3.17. The highest BCUT2D eigenvalue weighted by Gasteiger charge is 2.11. The van der Waals surface area contributed by atoms with Crippen LogP contribution in [-0.2, 0) is 11.2 Å². The molecule has 0 spiro atoms. The zero-order valence-electron chi connectivity index (χ0n) is 12.0. The topological polar surface area (TPSA) is 99.0 Å². The third-order valence-electron chi connectivity index (χ3n) is 3.17. The number of amides is 1. The Morgan fingerprint density at radius 2 is 1.77 bits per heavy atom. The highest BCUT2D eigenvalue weighted by atomic mass is 16.5. The summed E-state index contributed by atoms with van der Waals surface area (Å²) in [6.45, 7) is 0. The Morgan fingerprint density at radius 1 is 1.09 bits per heavy atom. The van der Waals surface area contributed by atoms with E-state index in [1.165, 1.54) is 31.4 Å². The number of rotatable bonds is 5. The normalized spacial score (nSPS) is 10.2. The molecule has 0 bridgehead atoms. The van der Waals surface area contributed by atoms with Crippen LogP contribution in [0.3, 0.4) is 0 Å². The maximum Gasteiger partial charge on any atom is 0.224 e. The minimum Gasteiger partial charge on any atom is -0.506 e. The lowest BCUT2D eigenvalue weighted by Crippen LogP contribution is -2.12. The van der Waals surface area contributed by atoms with Gasteiger partial charge in [0.05, 0.1) is 7.11 Å². The van der Waals surface area contributed by atoms with Crippen molar-refractivity contribution in [3.63, 3.8) is 0 Å². The van der Waals surface area contributed by atoms with Crippen molar-refractivity contribution in [2.75, 3.05) is 12.4 Å². The Morgan fingerprint density at radius 3 is 2.36 bits per heavy atom. The maximum atomic E-state index is 11.9. The van der Waals surface area contributed by atoms with Crippen molar-refractivity contribution in [1.82, 2.24) is 0 Å². The molecule has 22 heavy (non-hydrogen) atoms. The highest BCUT2D eigenvalue weighted by Crippen LogP contribution is 2.32. The van der Waals surface area contributed by atoms with E-state index in [9.17, 15) is 20.1 Å². The van der Waals surface area contributed by atoms with E-state index < -0.39 is 0 Å². The maximum absolute atomic E-state index is 11.9. The van der Waals surface area contributed by atoms with Crippen LogP contribution in [0.15, 0.2) is 36.4 Å². The van der Waals surface area contributed by atoms with Gasteiger partial charge in [-0.05, 0) is 36.2 Å². The molecule has 2 aromatic carbocycles. The first kappa shape index (κ1) is 15.5. The van der Waals surface area contributed by atoms with Crippen LogP contribution in [-0.4, -0.2) is 28.3 Å². The standard InChI is InChI=1S/C16H17NO5/c1-22-14-7-5-10(9-13(14)20)6-8-15(21)17-16-11(18)3-2-4-12(16)19/h2-5,7,9,18-20H,6,8H2,1H3,(H,17,21). The molecular formula is C16H17NO5. The Balaban J connectivity index is 1.97. The van der Waals surface area contributed by atoms with Crippen LogP contribution in [0.5, 0.6) is 23.0 Å². The number of aryl methyl sites for hydroxylation is 1. The number of carbonyl (C=O) groups excluding carboxylic acids is 1. The zero-order chi connectivity index (χ0) is 16.1. The molecule has 0 heterocycles. The second-order valence-corrected chi connectivity index (χ2v) is 4.73. The molecule has 0 atom stereocenters. The molecule has 0 fully saturated rings. The van der Waals surface area contributed by atoms with Crippen LogP contribution >= 0.6 is 0 Å². The van der Waals surface area contributed by atoms with Gasteiger partial charge in [0, 0.05) is 6.42 Å². The Kier molecular flexibility index (Phi) is 4.73. The molecule has 0 aliphatic heterocycles. The molecule has 0 saturated carbocycles. The number of aromatic hydroxyl groups is 3. The number of para-hydroxylation sites is 1. The molecule has 2 rings (SSSR count). The van der Waals surface area contributed by atoms with Crippen molar-refractivity contribution in [2.24, 2.45) is 0 Å². The van der Waals surface area contributed by atoms with E-state index in [1.54, 1.807) is 12.1 Å². The van der Waals surface area contributed by atoms with Gasteiger partial charge in [0.1, 0.15) is 17.2 Å². The van der Waals surface area contributed by atoms with E-state index in [4.69, 9.17) is 4.74 Å². The van der Waals surface area contributed by atoms with Crippen molar-refractivity contribution in [3.05, 3.63) is 42.0 Å². The average molecular weight is 303 g/mol. The van der Waals surface area contributed by atoms with Gasteiger partial charge >= 0.3 is 0 Å². The van der Waals surface area contributed by atoms with Crippen LogP contribution in [0.1, 0.15) is 12.0 Å². The van der Waals surface area contributed by atoms with Gasteiger partial charge in [0.15, 0.2) is 11.5 Å². The van der Waals surface area contributed by atoms with Gasteiger partial charge in [-0.25, -0.2) is 0 Å². The van der Waals surface area contributed by atoms with E-state index >= 15 is 0 Å². The number of carbonyl (C=O) groups is 1. The number of anilines is 1. The Bertz CT molecular complexity index is 664. The van der Waals surface area contributed by atoms with E-state index in [1.807, 2.05) is 0 Å². The Labute approximate surface area is 127 Å². The molecule has 2 aromatic rings. The third kappa shape index (κ3) is 3.60. The fourth-order valence-electron chi connectivity index (χ4n) is 2.01. The molecule has 0 radical (unpaired) electrons. The number of hydrogen-bond acceptors (Lipinski definition) is 5. The van der Waals surface area contributed by atoms with Gasteiger partial charge < -0.3 is 25.4 Å². The summed E-state index contributed by atoms with van der Waals surface area (Å²) in [5.74, 6) is -0.371. The van der Waals surface area contributed by atoms with Gasteiger partial charge in [0.2, 0.25) is 5.91 Å². The largest absolute Gasteiger partial charge is 0.506 e. The fourth-order valence-corrected chi connectivity index (χ4v) is 2.01. The highest BCUT2D eigenvalue weighted by molar-refractivity contribution is 5.94. The molecule has 4 N–H and O–H groups in total. The minimum absolute atomic E-state index is 0.00919. The predicted octanol–water partition coefficient (Wildman–Crippen LogP) is 2.38. The second-order valence-electron chi connectivity index (χ2n) is 4.73. The SMILES string of the molecule is COc1ccc(CCC(=O)Nc2c(O)cccc2O)cc1O. The molecule has 0 aliphatic rings. The predicted molar refractivity (Wildman–Crippen MR) is 81.4 cm³/mol. The number of phenols is 3. The van der Waals surface area contributed by atoms with Crippen LogP contribution in [0.4, 0.5) is 5.69 Å². The second kappa shape index (κ2) is 6.71.